The third-order valence-electron chi connectivity index (χ3n) is 3.11. The highest BCUT2D eigenvalue weighted by Gasteiger charge is 2.12. The van der Waals surface area contributed by atoms with E-state index in [-0.39, 0.29) is 36.3 Å². The van der Waals surface area contributed by atoms with Gasteiger partial charge in [0.2, 0.25) is 0 Å². The second kappa shape index (κ2) is 28.0. The second-order valence-electron chi connectivity index (χ2n) is 5.31. The zero-order chi connectivity index (χ0) is 20.8. The van der Waals surface area contributed by atoms with Crippen molar-refractivity contribution in [2.75, 3.05) is 31.5 Å². The molecular weight excluding hydrogens is 413 g/mol. The lowest BCUT2D eigenvalue weighted by molar-refractivity contribution is -0.147. The lowest BCUT2D eigenvalue weighted by Crippen LogP contribution is -2.36. The summed E-state index contributed by atoms with van der Waals surface area (Å²) < 4.78 is 9.66. The van der Waals surface area contributed by atoms with Gasteiger partial charge in [0, 0.05) is 11.8 Å². The fraction of sp³-hybridized carbons (Fsp3) is 0.895. The number of alkyl halides is 2. The predicted molar refractivity (Wildman–Crippen MR) is 118 cm³/mol. The monoisotopic (exact) mass is 451 g/mol. The zero-order valence-corrected chi connectivity index (χ0v) is 20.1. The summed E-state index contributed by atoms with van der Waals surface area (Å²) in [6.07, 6.45) is 3.73. The first-order valence-corrected chi connectivity index (χ1v) is 10.7. The highest BCUT2D eigenvalue weighted by Crippen LogP contribution is 2.09. The van der Waals surface area contributed by atoms with Crippen molar-refractivity contribution in [3.8, 4) is 0 Å². The van der Waals surface area contributed by atoms with Crippen LogP contribution in [-0.4, -0.2) is 49.5 Å². The summed E-state index contributed by atoms with van der Waals surface area (Å²) >= 11 is 11.0. The first kappa shape index (κ1) is 34.3. The minimum absolute atomic E-state index is 0. The van der Waals surface area contributed by atoms with Crippen LogP contribution < -0.4 is 5.32 Å². The summed E-state index contributed by atoms with van der Waals surface area (Å²) in [6, 6.07) is -0.229. The van der Waals surface area contributed by atoms with E-state index in [1.54, 1.807) is 13.8 Å². The van der Waals surface area contributed by atoms with Crippen LogP contribution in [-0.2, 0) is 19.1 Å². The van der Waals surface area contributed by atoms with Gasteiger partial charge in [0.05, 0.1) is 19.1 Å². The van der Waals surface area contributed by atoms with Gasteiger partial charge >= 0.3 is 11.9 Å². The summed E-state index contributed by atoms with van der Waals surface area (Å²) in [4.78, 5) is 22.1. The lowest BCUT2D eigenvalue weighted by atomic mass is 10.1. The lowest BCUT2D eigenvalue weighted by Gasteiger charge is -2.11. The minimum atomic E-state index is -0.229. The van der Waals surface area contributed by atoms with Gasteiger partial charge in [0.15, 0.2) is 0 Å². The van der Waals surface area contributed by atoms with Crippen LogP contribution in [0.4, 0.5) is 0 Å². The van der Waals surface area contributed by atoms with E-state index in [0.29, 0.717) is 25.0 Å². The standard InChI is InChI=1S/C9H17ClO2.C8H16ClNO2.C2H6.ClH/c1-3-12-9(11)8(2)6-4-5-7-10;1-3-12-8(11)7(2)10-6-4-5-9;1-2;/h8H,3-7H2,1-2H3;7,10H,3-6H2,1-2H3;1-2H3;1H/t8-;7-;;/m01../s1. The Morgan fingerprint density at radius 3 is 1.81 bits per heavy atom. The largest absolute Gasteiger partial charge is 0.466 e. The predicted octanol–water partition coefficient (Wildman–Crippen LogP) is 5.20. The van der Waals surface area contributed by atoms with Crippen LogP contribution in [0.15, 0.2) is 0 Å². The Hall–Kier alpha value is -0.230. The number of unbranched alkanes of at least 4 members (excludes halogenated alkanes) is 1. The highest BCUT2D eigenvalue weighted by molar-refractivity contribution is 6.18. The molecule has 0 amide bonds. The molecule has 0 aliphatic heterocycles. The van der Waals surface area contributed by atoms with Gasteiger partial charge in [0.1, 0.15) is 6.04 Å². The SMILES string of the molecule is CC.CCOC(=O)[C@@H](C)CCCCCl.CCOC(=O)[C@@H](C)NCCCCl.Cl. The van der Waals surface area contributed by atoms with Gasteiger partial charge in [-0.2, -0.15) is 0 Å². The summed E-state index contributed by atoms with van der Waals surface area (Å²) in [5, 5.41) is 3.01. The first-order chi connectivity index (χ1) is 12.4. The topological polar surface area (TPSA) is 64.6 Å². The van der Waals surface area contributed by atoms with Crippen molar-refractivity contribution in [1.82, 2.24) is 5.32 Å². The van der Waals surface area contributed by atoms with E-state index in [1.807, 2.05) is 27.7 Å². The molecular formula is C19H40Cl3NO4. The van der Waals surface area contributed by atoms with Gasteiger partial charge in [-0.3, -0.25) is 9.59 Å². The molecule has 2 atom stereocenters. The number of rotatable bonds is 12. The molecule has 0 aliphatic rings. The number of hydrogen-bond donors (Lipinski definition) is 1. The van der Waals surface area contributed by atoms with E-state index in [0.717, 1.165) is 32.2 Å². The van der Waals surface area contributed by atoms with Gasteiger partial charge in [-0.1, -0.05) is 27.2 Å². The smallest absolute Gasteiger partial charge is 0.322 e. The Morgan fingerprint density at radius 2 is 1.37 bits per heavy atom. The van der Waals surface area contributed by atoms with Crippen LogP contribution in [0.1, 0.15) is 67.2 Å². The van der Waals surface area contributed by atoms with Crippen molar-refractivity contribution >= 4 is 47.5 Å². The fourth-order valence-corrected chi connectivity index (χ4v) is 2.01. The fourth-order valence-electron chi connectivity index (χ4n) is 1.68. The average Bonchev–Trinajstić information content (AvgIpc) is 2.64. The van der Waals surface area contributed by atoms with E-state index in [4.69, 9.17) is 32.7 Å². The summed E-state index contributed by atoms with van der Waals surface area (Å²) in [7, 11) is 0. The van der Waals surface area contributed by atoms with Crippen LogP contribution in [0.5, 0.6) is 0 Å². The second-order valence-corrected chi connectivity index (χ2v) is 6.06. The molecule has 1 N–H and O–H groups in total. The van der Waals surface area contributed by atoms with Gasteiger partial charge in [0.25, 0.3) is 0 Å². The van der Waals surface area contributed by atoms with Crippen molar-refractivity contribution in [2.24, 2.45) is 5.92 Å². The van der Waals surface area contributed by atoms with Crippen LogP contribution in [0.3, 0.4) is 0 Å². The number of esters is 2. The third kappa shape index (κ3) is 25.8. The van der Waals surface area contributed by atoms with E-state index in [2.05, 4.69) is 5.32 Å². The molecule has 0 saturated carbocycles. The maximum Gasteiger partial charge on any atom is 0.322 e. The Labute approximate surface area is 182 Å². The third-order valence-corrected chi connectivity index (χ3v) is 3.65. The van der Waals surface area contributed by atoms with Crippen LogP contribution in [0, 0.1) is 5.92 Å². The molecule has 0 aromatic carbocycles. The summed E-state index contributed by atoms with van der Waals surface area (Å²) in [6.45, 7) is 13.0. The molecule has 0 fully saturated rings. The highest BCUT2D eigenvalue weighted by atomic mass is 35.5. The molecule has 0 saturated heterocycles. The molecule has 0 unspecified atom stereocenters. The van der Waals surface area contributed by atoms with Crippen molar-refractivity contribution in [3.63, 3.8) is 0 Å². The molecule has 0 heterocycles. The number of nitrogens with one attached hydrogen (secondary N) is 1. The molecule has 0 aromatic rings. The van der Waals surface area contributed by atoms with E-state index < -0.39 is 0 Å². The summed E-state index contributed by atoms with van der Waals surface area (Å²) in [5.74, 6) is 1.02. The molecule has 27 heavy (non-hydrogen) atoms. The van der Waals surface area contributed by atoms with Crippen molar-refractivity contribution < 1.29 is 19.1 Å². The van der Waals surface area contributed by atoms with Crippen molar-refractivity contribution in [2.45, 2.75) is 73.3 Å². The minimum Gasteiger partial charge on any atom is -0.466 e. The molecule has 0 spiro atoms. The quantitative estimate of drug-likeness (QED) is 0.250. The molecule has 0 radical (unpaired) electrons. The number of ether oxygens (including phenoxy) is 2. The number of halogens is 3. The van der Waals surface area contributed by atoms with E-state index >= 15 is 0 Å². The Balaban J connectivity index is -0.000000173. The Bertz CT molecular complexity index is 291. The number of carbonyl (C=O) groups is 2. The Morgan fingerprint density at radius 1 is 0.889 bits per heavy atom. The molecule has 0 rings (SSSR count). The van der Waals surface area contributed by atoms with Gasteiger partial charge < -0.3 is 14.8 Å². The average molecular weight is 453 g/mol. The van der Waals surface area contributed by atoms with E-state index in [9.17, 15) is 9.59 Å². The molecule has 8 heteroatoms. The maximum atomic E-state index is 11.1. The van der Waals surface area contributed by atoms with Crippen LogP contribution >= 0.6 is 35.6 Å². The number of carbonyl (C=O) groups excluding carboxylic acids is 2. The molecule has 0 aromatic heterocycles. The van der Waals surface area contributed by atoms with Crippen LogP contribution in [0.2, 0.25) is 0 Å². The first-order valence-electron chi connectivity index (χ1n) is 9.63. The van der Waals surface area contributed by atoms with Crippen molar-refractivity contribution in [1.29, 1.82) is 0 Å². The van der Waals surface area contributed by atoms with Crippen LogP contribution in [0.25, 0.3) is 0 Å². The maximum absolute atomic E-state index is 11.1. The summed E-state index contributed by atoms with van der Waals surface area (Å²) in [5.41, 5.74) is 0. The number of hydrogen-bond acceptors (Lipinski definition) is 5. The normalized spacial score (nSPS) is 11.4. The van der Waals surface area contributed by atoms with Crippen molar-refractivity contribution in [3.05, 3.63) is 0 Å². The molecule has 5 nitrogen and oxygen atoms in total. The molecule has 0 aliphatic carbocycles. The van der Waals surface area contributed by atoms with Gasteiger partial charge in [-0.15, -0.1) is 35.6 Å². The Kier molecular flexibility index (Phi) is 35.5. The van der Waals surface area contributed by atoms with Gasteiger partial charge in [-0.05, 0) is 46.6 Å². The molecule has 166 valence electrons. The van der Waals surface area contributed by atoms with Gasteiger partial charge in [-0.25, -0.2) is 0 Å². The molecule has 0 bridgehead atoms. The van der Waals surface area contributed by atoms with E-state index in [1.165, 1.54) is 0 Å². The zero-order valence-electron chi connectivity index (χ0n) is 17.8.